The van der Waals surface area contributed by atoms with Crippen LogP contribution in [0.1, 0.15) is 30.9 Å². The van der Waals surface area contributed by atoms with Gasteiger partial charge in [-0.25, -0.2) is 0 Å². The van der Waals surface area contributed by atoms with E-state index in [0.29, 0.717) is 17.9 Å². The van der Waals surface area contributed by atoms with Crippen molar-refractivity contribution >= 4 is 11.6 Å². The first-order valence-corrected chi connectivity index (χ1v) is 10.8. The first-order valence-electron chi connectivity index (χ1n) is 10.8. The standard InChI is InChI=1S/C24H31N5O2/c1-3-26-24(27-13-12-18-10-11-22(30)23(15-18)31-2)28-20-8-6-14-29(17-20)21-9-5-4-7-19(21)16-25/h4-5,7,9-11,15,20,30H,3,6,8,12-14,17H2,1-2H3,(H2,26,27,28). The molecule has 164 valence electrons. The number of anilines is 1. The van der Waals surface area contributed by atoms with E-state index in [0.717, 1.165) is 56.1 Å². The molecule has 31 heavy (non-hydrogen) atoms. The molecule has 1 aliphatic rings. The van der Waals surface area contributed by atoms with Crippen LogP contribution in [0.15, 0.2) is 47.5 Å². The third-order valence-electron chi connectivity index (χ3n) is 5.39. The van der Waals surface area contributed by atoms with Gasteiger partial charge in [-0.2, -0.15) is 5.26 Å². The number of rotatable bonds is 7. The van der Waals surface area contributed by atoms with E-state index in [1.165, 1.54) is 0 Å². The summed E-state index contributed by atoms with van der Waals surface area (Å²) in [6.07, 6.45) is 2.87. The number of hydrogen-bond donors (Lipinski definition) is 3. The molecule has 0 radical (unpaired) electrons. The normalized spacial score (nSPS) is 16.5. The highest BCUT2D eigenvalue weighted by Crippen LogP contribution is 2.26. The Balaban J connectivity index is 1.61. The highest BCUT2D eigenvalue weighted by atomic mass is 16.5. The Morgan fingerprint density at radius 1 is 1.32 bits per heavy atom. The van der Waals surface area contributed by atoms with Gasteiger partial charge < -0.3 is 25.4 Å². The molecule has 7 nitrogen and oxygen atoms in total. The molecule has 0 aromatic heterocycles. The number of nitriles is 1. The number of aromatic hydroxyl groups is 1. The van der Waals surface area contributed by atoms with E-state index in [9.17, 15) is 10.4 Å². The fourth-order valence-electron chi connectivity index (χ4n) is 3.85. The van der Waals surface area contributed by atoms with Crippen LogP contribution >= 0.6 is 0 Å². The summed E-state index contributed by atoms with van der Waals surface area (Å²) in [7, 11) is 1.55. The van der Waals surface area contributed by atoms with Gasteiger partial charge in [0.25, 0.3) is 0 Å². The van der Waals surface area contributed by atoms with Crippen LogP contribution in [-0.4, -0.2) is 50.4 Å². The molecule has 0 spiro atoms. The monoisotopic (exact) mass is 421 g/mol. The molecule has 2 aromatic rings. The van der Waals surface area contributed by atoms with Crippen molar-refractivity contribution in [2.45, 2.75) is 32.2 Å². The molecule has 7 heteroatoms. The number of para-hydroxylation sites is 1. The minimum absolute atomic E-state index is 0.143. The number of ether oxygens (including phenoxy) is 1. The molecule has 0 amide bonds. The van der Waals surface area contributed by atoms with Crippen LogP contribution in [0.3, 0.4) is 0 Å². The average Bonchev–Trinajstić information content (AvgIpc) is 2.80. The van der Waals surface area contributed by atoms with Gasteiger partial charge in [0.15, 0.2) is 17.5 Å². The molecular weight excluding hydrogens is 390 g/mol. The van der Waals surface area contributed by atoms with Gasteiger partial charge in [-0.05, 0) is 56.0 Å². The number of phenols is 1. The van der Waals surface area contributed by atoms with Gasteiger partial charge in [0, 0.05) is 32.2 Å². The van der Waals surface area contributed by atoms with Gasteiger partial charge in [-0.3, -0.25) is 4.99 Å². The molecule has 0 saturated carbocycles. The fraction of sp³-hybridized carbons (Fsp3) is 0.417. The van der Waals surface area contributed by atoms with Gasteiger partial charge in [-0.15, -0.1) is 0 Å². The summed E-state index contributed by atoms with van der Waals surface area (Å²) in [5, 5.41) is 26.1. The molecule has 1 fully saturated rings. The van der Waals surface area contributed by atoms with E-state index >= 15 is 0 Å². The molecule has 0 bridgehead atoms. The molecule has 3 N–H and O–H groups in total. The summed E-state index contributed by atoms with van der Waals surface area (Å²) in [4.78, 5) is 7.02. The third-order valence-corrected chi connectivity index (χ3v) is 5.39. The van der Waals surface area contributed by atoms with Crippen molar-refractivity contribution in [3.05, 3.63) is 53.6 Å². The van der Waals surface area contributed by atoms with Gasteiger partial charge in [0.05, 0.1) is 18.4 Å². The minimum Gasteiger partial charge on any atom is -0.504 e. The number of methoxy groups -OCH3 is 1. The van der Waals surface area contributed by atoms with E-state index in [4.69, 9.17) is 9.73 Å². The Hall–Kier alpha value is -3.40. The average molecular weight is 422 g/mol. The van der Waals surface area contributed by atoms with Gasteiger partial charge in [0.1, 0.15) is 6.07 Å². The van der Waals surface area contributed by atoms with Crippen molar-refractivity contribution in [2.75, 3.05) is 38.2 Å². The van der Waals surface area contributed by atoms with E-state index in [1.807, 2.05) is 36.4 Å². The van der Waals surface area contributed by atoms with Gasteiger partial charge in [-0.1, -0.05) is 18.2 Å². The zero-order chi connectivity index (χ0) is 22.1. The Morgan fingerprint density at radius 2 is 2.16 bits per heavy atom. The molecule has 2 aromatic carbocycles. The smallest absolute Gasteiger partial charge is 0.191 e. The predicted octanol–water partition coefficient (Wildman–Crippen LogP) is 3.04. The zero-order valence-electron chi connectivity index (χ0n) is 18.3. The Labute approximate surface area is 184 Å². The first-order chi connectivity index (χ1) is 15.1. The third kappa shape index (κ3) is 6.05. The maximum Gasteiger partial charge on any atom is 0.191 e. The molecule has 1 heterocycles. The quantitative estimate of drug-likeness (QED) is 0.470. The van der Waals surface area contributed by atoms with Gasteiger partial charge in [0.2, 0.25) is 0 Å². The first kappa shape index (κ1) is 22.3. The second-order valence-electron chi connectivity index (χ2n) is 7.58. The molecule has 0 aliphatic carbocycles. The van der Waals surface area contributed by atoms with Crippen molar-refractivity contribution in [1.29, 1.82) is 5.26 Å². The van der Waals surface area contributed by atoms with Crippen LogP contribution in [0.25, 0.3) is 0 Å². The van der Waals surface area contributed by atoms with Crippen LogP contribution in [0, 0.1) is 11.3 Å². The van der Waals surface area contributed by atoms with Crippen molar-refractivity contribution in [3.63, 3.8) is 0 Å². The number of phenolic OH excluding ortho intramolecular Hbond substituents is 1. The summed E-state index contributed by atoms with van der Waals surface area (Å²) in [5.74, 6) is 1.42. The lowest BCUT2D eigenvalue weighted by atomic mass is 10.0. The summed E-state index contributed by atoms with van der Waals surface area (Å²) >= 11 is 0. The number of aliphatic imine (C=N–C) groups is 1. The number of guanidine groups is 1. The van der Waals surface area contributed by atoms with E-state index in [-0.39, 0.29) is 11.8 Å². The Kier molecular flexibility index (Phi) is 7.99. The number of nitrogens with one attached hydrogen (secondary N) is 2. The molecular formula is C24H31N5O2. The Bertz CT molecular complexity index is 938. The lowest BCUT2D eigenvalue weighted by Crippen LogP contribution is -2.51. The van der Waals surface area contributed by atoms with Crippen LogP contribution in [0.2, 0.25) is 0 Å². The minimum atomic E-state index is 0.143. The molecule has 1 unspecified atom stereocenters. The van der Waals surface area contributed by atoms with Crippen molar-refractivity contribution in [1.82, 2.24) is 10.6 Å². The number of nitrogens with zero attached hydrogens (tertiary/aromatic N) is 3. The second kappa shape index (κ2) is 11.1. The van der Waals surface area contributed by atoms with Crippen LogP contribution in [0.4, 0.5) is 5.69 Å². The Morgan fingerprint density at radius 3 is 2.94 bits per heavy atom. The van der Waals surface area contributed by atoms with E-state index in [2.05, 4.69) is 28.5 Å². The predicted molar refractivity (Wildman–Crippen MR) is 124 cm³/mol. The number of piperidine rings is 1. The summed E-state index contributed by atoms with van der Waals surface area (Å²) < 4.78 is 5.18. The lowest BCUT2D eigenvalue weighted by molar-refractivity contribution is 0.373. The maximum atomic E-state index is 9.74. The SMILES string of the molecule is CCNC(=NCCc1ccc(O)c(OC)c1)NC1CCCN(c2ccccc2C#N)C1. The summed E-state index contributed by atoms with van der Waals surface area (Å²) in [5.41, 5.74) is 2.78. The highest BCUT2D eigenvalue weighted by molar-refractivity contribution is 5.80. The summed E-state index contributed by atoms with van der Waals surface area (Å²) in [6, 6.07) is 15.7. The van der Waals surface area contributed by atoms with Crippen molar-refractivity contribution < 1.29 is 9.84 Å². The summed E-state index contributed by atoms with van der Waals surface area (Å²) in [6.45, 7) is 5.24. The fourth-order valence-corrected chi connectivity index (χ4v) is 3.85. The number of hydrogen-bond acceptors (Lipinski definition) is 5. The van der Waals surface area contributed by atoms with Crippen molar-refractivity contribution in [3.8, 4) is 17.6 Å². The lowest BCUT2D eigenvalue weighted by Gasteiger charge is -2.35. The maximum absolute atomic E-state index is 9.74. The zero-order valence-corrected chi connectivity index (χ0v) is 18.3. The molecule has 1 atom stereocenters. The van der Waals surface area contributed by atoms with Crippen LogP contribution < -0.4 is 20.3 Å². The van der Waals surface area contributed by atoms with E-state index < -0.39 is 0 Å². The largest absolute Gasteiger partial charge is 0.504 e. The van der Waals surface area contributed by atoms with E-state index in [1.54, 1.807) is 13.2 Å². The topological polar surface area (TPSA) is 92.9 Å². The second-order valence-corrected chi connectivity index (χ2v) is 7.58. The molecule has 1 aliphatic heterocycles. The van der Waals surface area contributed by atoms with Crippen LogP contribution in [0.5, 0.6) is 11.5 Å². The van der Waals surface area contributed by atoms with Crippen LogP contribution in [-0.2, 0) is 6.42 Å². The van der Waals surface area contributed by atoms with Gasteiger partial charge >= 0.3 is 0 Å². The van der Waals surface area contributed by atoms with Crippen molar-refractivity contribution in [2.24, 2.45) is 4.99 Å². The molecule has 3 rings (SSSR count). The highest BCUT2D eigenvalue weighted by Gasteiger charge is 2.22. The molecule has 1 saturated heterocycles. The number of benzene rings is 2.